The number of carboxylic acids is 1. The number of nitrogens with one attached hydrogen (secondary N) is 2. The maximum absolute atomic E-state index is 13.0. The van der Waals surface area contributed by atoms with E-state index in [1.165, 1.54) is 19.8 Å². The minimum atomic E-state index is -0.833. The number of fused-ring (bicyclic) bond motifs is 4. The van der Waals surface area contributed by atoms with Gasteiger partial charge in [0.15, 0.2) is 5.65 Å². The molecule has 0 aliphatic heterocycles. The number of carbonyl (C=O) groups is 2. The van der Waals surface area contributed by atoms with Crippen molar-refractivity contribution in [2.75, 3.05) is 5.32 Å². The van der Waals surface area contributed by atoms with Gasteiger partial charge in [-0.3, -0.25) is 18.8 Å². The van der Waals surface area contributed by atoms with Crippen molar-refractivity contribution in [2.24, 2.45) is 0 Å². The van der Waals surface area contributed by atoms with Crippen molar-refractivity contribution < 1.29 is 14.7 Å². The largest absolute Gasteiger partial charge is 0.481 e. The van der Waals surface area contributed by atoms with Gasteiger partial charge in [0.05, 0.1) is 23.6 Å². The van der Waals surface area contributed by atoms with Crippen LogP contribution in [0.2, 0.25) is 0 Å². The first kappa shape index (κ1) is 24.2. The van der Waals surface area contributed by atoms with Gasteiger partial charge >= 0.3 is 5.69 Å². The summed E-state index contributed by atoms with van der Waals surface area (Å²) in [6, 6.07) is 19.6. The smallest absolute Gasteiger partial charge is 0.350 e. The van der Waals surface area contributed by atoms with E-state index in [9.17, 15) is 14.4 Å². The van der Waals surface area contributed by atoms with Crippen LogP contribution in [0, 0.1) is 0 Å². The fourth-order valence-electron chi connectivity index (χ4n) is 4.03. The SMILES string of the molecule is CC(=O)O.O=C(Nc1cccc(Cn2nc3ccccn3c2=O)c1)c1cnn2c1[nH]c(=O)c1ccccc12. The Morgan fingerprint density at radius 1 is 1.03 bits per heavy atom. The zero-order chi connectivity index (χ0) is 26.8. The molecule has 6 rings (SSSR count). The van der Waals surface area contributed by atoms with E-state index < -0.39 is 11.9 Å². The summed E-state index contributed by atoms with van der Waals surface area (Å²) in [6.07, 6.45) is 3.09. The van der Waals surface area contributed by atoms with Crippen LogP contribution in [0.25, 0.3) is 22.2 Å². The van der Waals surface area contributed by atoms with Crippen molar-refractivity contribution in [1.29, 1.82) is 0 Å². The molecule has 12 heteroatoms. The van der Waals surface area contributed by atoms with Crippen molar-refractivity contribution in [3.8, 4) is 0 Å². The van der Waals surface area contributed by atoms with Crippen LogP contribution in [0.4, 0.5) is 5.69 Å². The highest BCUT2D eigenvalue weighted by Crippen LogP contribution is 2.17. The van der Waals surface area contributed by atoms with Crippen molar-refractivity contribution in [1.82, 2.24) is 28.8 Å². The molecular formula is C26H21N7O5. The van der Waals surface area contributed by atoms with E-state index in [4.69, 9.17) is 9.90 Å². The predicted octanol–water partition coefficient (Wildman–Crippen LogP) is 2.38. The lowest BCUT2D eigenvalue weighted by Gasteiger charge is -2.07. The highest BCUT2D eigenvalue weighted by molar-refractivity contribution is 6.08. The number of anilines is 1. The number of hydrogen-bond acceptors (Lipinski definition) is 6. The van der Waals surface area contributed by atoms with Gasteiger partial charge in [0.1, 0.15) is 11.2 Å². The molecule has 38 heavy (non-hydrogen) atoms. The third-order valence-corrected chi connectivity index (χ3v) is 5.63. The molecule has 0 saturated heterocycles. The molecule has 0 fully saturated rings. The van der Waals surface area contributed by atoms with Gasteiger partial charge < -0.3 is 15.4 Å². The summed E-state index contributed by atoms with van der Waals surface area (Å²) >= 11 is 0. The van der Waals surface area contributed by atoms with Gasteiger partial charge in [-0.15, -0.1) is 5.10 Å². The van der Waals surface area contributed by atoms with Crippen LogP contribution in [0.1, 0.15) is 22.8 Å². The third kappa shape index (κ3) is 4.65. The number of rotatable bonds is 4. The summed E-state index contributed by atoms with van der Waals surface area (Å²) in [5.74, 6) is -1.25. The second-order valence-electron chi connectivity index (χ2n) is 8.33. The Bertz CT molecular complexity index is 1940. The molecule has 3 N–H and O–H groups in total. The van der Waals surface area contributed by atoms with Gasteiger partial charge in [-0.25, -0.2) is 14.0 Å². The molecule has 0 atom stereocenters. The van der Waals surface area contributed by atoms with Crippen molar-refractivity contribution in [2.45, 2.75) is 13.5 Å². The minimum Gasteiger partial charge on any atom is -0.481 e. The van der Waals surface area contributed by atoms with Crippen LogP contribution in [0.15, 0.2) is 88.7 Å². The second kappa shape index (κ2) is 9.85. The molecule has 0 aliphatic rings. The summed E-state index contributed by atoms with van der Waals surface area (Å²) in [6.45, 7) is 1.33. The number of benzene rings is 2. The maximum Gasteiger partial charge on any atom is 0.350 e. The fourth-order valence-corrected chi connectivity index (χ4v) is 4.03. The molecule has 190 valence electrons. The van der Waals surface area contributed by atoms with Gasteiger partial charge in [0.2, 0.25) is 0 Å². The van der Waals surface area contributed by atoms with Crippen molar-refractivity contribution in [3.63, 3.8) is 0 Å². The molecule has 6 aromatic rings. The number of H-pyrrole nitrogens is 1. The summed E-state index contributed by atoms with van der Waals surface area (Å²) < 4.78 is 4.39. The molecule has 0 saturated carbocycles. The number of aromatic amines is 1. The topological polar surface area (TPSA) is 156 Å². The lowest BCUT2D eigenvalue weighted by atomic mass is 10.2. The highest BCUT2D eigenvalue weighted by atomic mass is 16.4. The molecule has 4 heterocycles. The molecule has 4 aromatic heterocycles. The summed E-state index contributed by atoms with van der Waals surface area (Å²) in [7, 11) is 0. The summed E-state index contributed by atoms with van der Waals surface area (Å²) in [5.41, 5.74) is 2.53. The Kier molecular flexibility index (Phi) is 6.27. The van der Waals surface area contributed by atoms with E-state index in [0.29, 0.717) is 27.9 Å². The zero-order valence-electron chi connectivity index (χ0n) is 20.0. The lowest BCUT2D eigenvalue weighted by Crippen LogP contribution is -2.21. The predicted molar refractivity (Wildman–Crippen MR) is 140 cm³/mol. The van der Waals surface area contributed by atoms with Gasteiger partial charge in [0.25, 0.3) is 17.4 Å². The number of amides is 1. The number of nitrogens with zero attached hydrogens (tertiary/aromatic N) is 5. The lowest BCUT2D eigenvalue weighted by molar-refractivity contribution is -0.134. The molecular weight excluding hydrogens is 490 g/mol. The molecule has 12 nitrogen and oxygen atoms in total. The summed E-state index contributed by atoms with van der Waals surface area (Å²) in [5, 5.41) is 19.4. The Labute approximate surface area is 213 Å². The monoisotopic (exact) mass is 511 g/mol. The van der Waals surface area contributed by atoms with E-state index in [2.05, 4.69) is 20.5 Å². The molecule has 0 aliphatic carbocycles. The molecule has 0 spiro atoms. The molecule has 0 radical (unpaired) electrons. The molecule has 0 bridgehead atoms. The normalized spacial score (nSPS) is 10.9. The van der Waals surface area contributed by atoms with Crippen LogP contribution >= 0.6 is 0 Å². The van der Waals surface area contributed by atoms with Gasteiger partial charge in [-0.05, 0) is 42.0 Å². The fraction of sp³-hybridized carbons (Fsp3) is 0.0769. The quantitative estimate of drug-likeness (QED) is 0.328. The third-order valence-electron chi connectivity index (χ3n) is 5.63. The van der Waals surface area contributed by atoms with Gasteiger partial charge in [-0.1, -0.05) is 30.3 Å². The molecule has 2 aromatic carbocycles. The van der Waals surface area contributed by atoms with Gasteiger partial charge in [-0.2, -0.15) is 5.10 Å². The van der Waals surface area contributed by atoms with E-state index >= 15 is 0 Å². The molecule has 1 amide bonds. The number of aromatic nitrogens is 6. The number of pyridine rings is 1. The number of carbonyl (C=O) groups excluding carboxylic acids is 1. The first-order chi connectivity index (χ1) is 18.3. The minimum absolute atomic E-state index is 0.241. The number of carboxylic acid groups (broad SMARTS) is 1. The van der Waals surface area contributed by atoms with Crippen LogP contribution in [-0.2, 0) is 11.3 Å². The van der Waals surface area contributed by atoms with Crippen molar-refractivity contribution in [3.05, 3.63) is 111 Å². The van der Waals surface area contributed by atoms with Crippen LogP contribution in [-0.4, -0.2) is 45.8 Å². The van der Waals surface area contributed by atoms with E-state index in [1.807, 2.05) is 18.2 Å². The number of hydrogen-bond donors (Lipinski definition) is 3. The Hall–Kier alpha value is -5.52. The maximum atomic E-state index is 13.0. The number of aliphatic carboxylic acids is 1. The Morgan fingerprint density at radius 2 is 1.79 bits per heavy atom. The average Bonchev–Trinajstić information content (AvgIpc) is 3.45. The standard InChI is InChI=1S/C24H17N7O3.C2H4O2/c32-22-17-8-1-2-9-19(17)31-21(27-22)18(13-25-31)23(33)26-16-7-5-6-15(12-16)14-30-24(34)29-11-4-3-10-20(29)28-30;1-2(3)4/h1-13H,14H2,(H,26,33)(H,27,32);1H3,(H,3,4). The van der Waals surface area contributed by atoms with Crippen LogP contribution in [0.3, 0.4) is 0 Å². The first-order valence-electron chi connectivity index (χ1n) is 11.4. The van der Waals surface area contributed by atoms with Crippen molar-refractivity contribution >= 4 is 39.8 Å². The highest BCUT2D eigenvalue weighted by Gasteiger charge is 2.17. The van der Waals surface area contributed by atoms with E-state index in [0.717, 1.165) is 12.5 Å². The van der Waals surface area contributed by atoms with E-state index in [1.54, 1.807) is 54.7 Å². The van der Waals surface area contributed by atoms with Crippen LogP contribution in [0.5, 0.6) is 0 Å². The average molecular weight is 511 g/mol. The second-order valence-corrected chi connectivity index (χ2v) is 8.33. The van der Waals surface area contributed by atoms with E-state index in [-0.39, 0.29) is 23.4 Å². The Balaban J connectivity index is 0.000000689. The first-order valence-corrected chi connectivity index (χ1v) is 11.4. The van der Waals surface area contributed by atoms with Gasteiger partial charge in [0, 0.05) is 18.8 Å². The summed E-state index contributed by atoms with van der Waals surface area (Å²) in [4.78, 5) is 49.8. The number of para-hydroxylation sites is 1. The zero-order valence-corrected chi connectivity index (χ0v) is 20.0. The molecule has 0 unspecified atom stereocenters. The Morgan fingerprint density at radius 3 is 2.58 bits per heavy atom. The van der Waals surface area contributed by atoms with Crippen LogP contribution < -0.4 is 16.6 Å².